The van der Waals surface area contributed by atoms with Crippen LogP contribution in [0.2, 0.25) is 10.0 Å². The van der Waals surface area contributed by atoms with E-state index < -0.39 is 11.8 Å². The minimum absolute atomic E-state index is 0.229. The molecule has 0 aliphatic heterocycles. The molecule has 2 aromatic carbocycles. The molecule has 0 bridgehead atoms. The summed E-state index contributed by atoms with van der Waals surface area (Å²) in [5.74, 6) is -1.04. The van der Waals surface area contributed by atoms with Crippen LogP contribution in [0.5, 0.6) is 5.75 Å². The van der Waals surface area contributed by atoms with Gasteiger partial charge in [0.25, 0.3) is 0 Å². The van der Waals surface area contributed by atoms with Gasteiger partial charge in [-0.15, -0.1) is 0 Å². The number of amides is 2. The fourth-order valence-corrected chi connectivity index (χ4v) is 2.18. The summed E-state index contributed by atoms with van der Waals surface area (Å²) in [6.07, 6.45) is 0. The van der Waals surface area contributed by atoms with Crippen LogP contribution >= 0.6 is 23.2 Å². The van der Waals surface area contributed by atoms with E-state index in [1.54, 1.807) is 36.4 Å². The first-order valence-electron chi connectivity index (χ1n) is 6.67. The van der Waals surface area contributed by atoms with Crippen molar-refractivity contribution in [2.75, 3.05) is 12.4 Å². The summed E-state index contributed by atoms with van der Waals surface area (Å²) in [7, 11) is 1.49. The van der Waals surface area contributed by atoms with Gasteiger partial charge in [-0.05, 0) is 35.9 Å². The highest BCUT2D eigenvalue weighted by molar-refractivity contribution is 6.40. The molecule has 5 nitrogen and oxygen atoms in total. The molecular formula is C16H14Cl2N2O3. The molecule has 0 fully saturated rings. The summed E-state index contributed by atoms with van der Waals surface area (Å²) >= 11 is 11.7. The SMILES string of the molecule is COc1ccc(NC(=O)C(=O)NCc2ccc(Cl)cc2)cc1Cl. The monoisotopic (exact) mass is 352 g/mol. The van der Waals surface area contributed by atoms with Gasteiger partial charge in [0.1, 0.15) is 5.75 Å². The molecule has 0 saturated heterocycles. The fraction of sp³-hybridized carbons (Fsp3) is 0.125. The van der Waals surface area contributed by atoms with Crippen LogP contribution in [0, 0.1) is 0 Å². The number of benzene rings is 2. The Balaban J connectivity index is 1.91. The number of halogens is 2. The van der Waals surface area contributed by atoms with E-state index in [4.69, 9.17) is 27.9 Å². The molecule has 2 amide bonds. The Bertz CT molecular complexity index is 718. The molecule has 2 aromatic rings. The van der Waals surface area contributed by atoms with E-state index in [0.717, 1.165) is 5.56 Å². The van der Waals surface area contributed by atoms with Gasteiger partial charge in [-0.1, -0.05) is 35.3 Å². The first-order valence-corrected chi connectivity index (χ1v) is 7.42. The van der Waals surface area contributed by atoms with Crippen LogP contribution in [0.3, 0.4) is 0 Å². The summed E-state index contributed by atoms with van der Waals surface area (Å²) in [5, 5.41) is 5.94. The van der Waals surface area contributed by atoms with Gasteiger partial charge < -0.3 is 15.4 Å². The highest BCUT2D eigenvalue weighted by atomic mass is 35.5. The summed E-state index contributed by atoms with van der Waals surface area (Å²) in [5.41, 5.74) is 1.24. The first kappa shape index (κ1) is 17.1. The molecule has 7 heteroatoms. The summed E-state index contributed by atoms with van der Waals surface area (Å²) in [6, 6.07) is 11.7. The van der Waals surface area contributed by atoms with Crippen LogP contribution in [-0.4, -0.2) is 18.9 Å². The smallest absolute Gasteiger partial charge is 0.313 e. The molecule has 0 aliphatic carbocycles. The molecule has 0 radical (unpaired) electrons. The largest absolute Gasteiger partial charge is 0.495 e. The highest BCUT2D eigenvalue weighted by Crippen LogP contribution is 2.27. The van der Waals surface area contributed by atoms with Gasteiger partial charge in [0.15, 0.2) is 0 Å². The zero-order chi connectivity index (χ0) is 16.8. The molecule has 0 aliphatic rings. The Kier molecular flexibility index (Phi) is 5.84. The van der Waals surface area contributed by atoms with Gasteiger partial charge >= 0.3 is 11.8 Å². The van der Waals surface area contributed by atoms with Crippen molar-refractivity contribution in [2.24, 2.45) is 0 Å². The number of hydrogen-bond donors (Lipinski definition) is 2. The molecular weight excluding hydrogens is 339 g/mol. The Hall–Kier alpha value is -2.24. The fourth-order valence-electron chi connectivity index (χ4n) is 1.80. The van der Waals surface area contributed by atoms with Gasteiger partial charge in [-0.2, -0.15) is 0 Å². The predicted molar refractivity (Wildman–Crippen MR) is 89.9 cm³/mol. The van der Waals surface area contributed by atoms with E-state index in [9.17, 15) is 9.59 Å². The maximum absolute atomic E-state index is 11.8. The number of ether oxygens (including phenoxy) is 1. The summed E-state index contributed by atoms with van der Waals surface area (Å²) < 4.78 is 5.02. The third-order valence-corrected chi connectivity index (χ3v) is 3.53. The third-order valence-electron chi connectivity index (χ3n) is 2.98. The Labute approximate surface area is 143 Å². The summed E-state index contributed by atoms with van der Waals surface area (Å²) in [6.45, 7) is 0.229. The average Bonchev–Trinajstić information content (AvgIpc) is 2.54. The van der Waals surface area contributed by atoms with Crippen LogP contribution in [0.15, 0.2) is 42.5 Å². The molecule has 120 valence electrons. The second-order valence-corrected chi connectivity index (χ2v) is 5.46. The molecule has 23 heavy (non-hydrogen) atoms. The van der Waals surface area contributed by atoms with E-state index in [-0.39, 0.29) is 6.54 Å². The molecule has 0 aromatic heterocycles. The minimum atomic E-state index is -0.778. The number of carbonyl (C=O) groups excluding carboxylic acids is 2. The normalized spacial score (nSPS) is 10.0. The Morgan fingerprint density at radius 2 is 1.74 bits per heavy atom. The van der Waals surface area contributed by atoms with Gasteiger partial charge in [-0.3, -0.25) is 9.59 Å². The Morgan fingerprint density at radius 1 is 1.04 bits per heavy atom. The quantitative estimate of drug-likeness (QED) is 0.830. The predicted octanol–water partition coefficient (Wildman–Crippen LogP) is 3.26. The van der Waals surface area contributed by atoms with E-state index in [2.05, 4.69) is 10.6 Å². The third kappa shape index (κ3) is 4.87. The number of nitrogens with one attached hydrogen (secondary N) is 2. The molecule has 2 rings (SSSR count). The molecule has 0 atom stereocenters. The van der Waals surface area contributed by atoms with Crippen LogP contribution in [0.1, 0.15) is 5.56 Å². The maximum Gasteiger partial charge on any atom is 0.313 e. The lowest BCUT2D eigenvalue weighted by molar-refractivity contribution is -0.136. The highest BCUT2D eigenvalue weighted by Gasteiger charge is 2.14. The first-order chi connectivity index (χ1) is 11.0. The van der Waals surface area contributed by atoms with Gasteiger partial charge in [0, 0.05) is 17.3 Å². The zero-order valence-corrected chi connectivity index (χ0v) is 13.7. The average molecular weight is 353 g/mol. The summed E-state index contributed by atoms with van der Waals surface area (Å²) in [4.78, 5) is 23.6. The number of carbonyl (C=O) groups is 2. The van der Waals surface area contributed by atoms with Crippen molar-refractivity contribution in [1.29, 1.82) is 0 Å². The van der Waals surface area contributed by atoms with Gasteiger partial charge in [-0.25, -0.2) is 0 Å². The number of rotatable bonds is 4. The number of hydrogen-bond acceptors (Lipinski definition) is 3. The van der Waals surface area contributed by atoms with E-state index >= 15 is 0 Å². The number of anilines is 1. The van der Waals surface area contributed by atoms with Crippen molar-refractivity contribution in [1.82, 2.24) is 5.32 Å². The van der Waals surface area contributed by atoms with Crippen LogP contribution in [-0.2, 0) is 16.1 Å². The van der Waals surface area contributed by atoms with E-state index in [0.29, 0.717) is 21.5 Å². The van der Waals surface area contributed by atoms with Crippen molar-refractivity contribution in [3.8, 4) is 5.75 Å². The van der Waals surface area contributed by atoms with Crippen LogP contribution in [0.25, 0.3) is 0 Å². The molecule has 0 spiro atoms. The maximum atomic E-state index is 11.8. The van der Waals surface area contributed by atoms with Crippen molar-refractivity contribution < 1.29 is 14.3 Å². The lowest BCUT2D eigenvalue weighted by Gasteiger charge is -2.08. The minimum Gasteiger partial charge on any atom is -0.495 e. The topological polar surface area (TPSA) is 67.4 Å². The van der Waals surface area contributed by atoms with Gasteiger partial charge in [0.2, 0.25) is 0 Å². The lowest BCUT2D eigenvalue weighted by Crippen LogP contribution is -2.34. The molecule has 0 heterocycles. The van der Waals surface area contributed by atoms with Gasteiger partial charge in [0.05, 0.1) is 12.1 Å². The second-order valence-electron chi connectivity index (χ2n) is 4.61. The van der Waals surface area contributed by atoms with Crippen molar-refractivity contribution in [3.63, 3.8) is 0 Å². The van der Waals surface area contributed by atoms with Crippen LogP contribution in [0.4, 0.5) is 5.69 Å². The molecule has 0 unspecified atom stereocenters. The van der Waals surface area contributed by atoms with Crippen LogP contribution < -0.4 is 15.4 Å². The number of methoxy groups -OCH3 is 1. The Morgan fingerprint density at radius 3 is 2.35 bits per heavy atom. The van der Waals surface area contributed by atoms with Crippen molar-refractivity contribution in [2.45, 2.75) is 6.54 Å². The molecule has 2 N–H and O–H groups in total. The van der Waals surface area contributed by atoms with E-state index in [1.807, 2.05) is 0 Å². The zero-order valence-electron chi connectivity index (χ0n) is 12.2. The van der Waals surface area contributed by atoms with E-state index in [1.165, 1.54) is 13.2 Å². The van der Waals surface area contributed by atoms with Crippen molar-refractivity contribution in [3.05, 3.63) is 58.1 Å². The second kappa shape index (κ2) is 7.85. The van der Waals surface area contributed by atoms with Crippen molar-refractivity contribution >= 4 is 40.7 Å². The lowest BCUT2D eigenvalue weighted by atomic mass is 10.2. The standard InChI is InChI=1S/C16H14Cl2N2O3/c1-23-14-7-6-12(8-13(14)18)20-16(22)15(21)19-9-10-2-4-11(17)5-3-10/h2-8H,9H2,1H3,(H,19,21)(H,20,22). The molecule has 0 saturated carbocycles.